The van der Waals surface area contributed by atoms with Crippen molar-refractivity contribution in [3.05, 3.63) is 35.9 Å². The van der Waals surface area contributed by atoms with Crippen LogP contribution in [0.4, 0.5) is 0 Å². The van der Waals surface area contributed by atoms with Crippen molar-refractivity contribution in [2.45, 2.75) is 51.6 Å². The lowest BCUT2D eigenvalue weighted by molar-refractivity contribution is 0.0456. The molecule has 2 N–H and O–H groups in total. The van der Waals surface area contributed by atoms with Crippen LogP contribution in [-0.4, -0.2) is 13.2 Å². The second kappa shape index (κ2) is 10.1. The molecule has 1 unspecified atom stereocenters. The van der Waals surface area contributed by atoms with Crippen molar-refractivity contribution in [2.24, 2.45) is 5.73 Å². The van der Waals surface area contributed by atoms with E-state index in [2.05, 4.69) is 31.2 Å². The maximum Gasteiger partial charge on any atom is 0.0836 e. The lowest BCUT2D eigenvalue weighted by atomic mass is 10.1. The Morgan fingerprint density at radius 1 is 1.06 bits per heavy atom. The molecule has 0 saturated carbocycles. The Hall–Kier alpha value is -0.860. The van der Waals surface area contributed by atoms with Gasteiger partial charge in [-0.25, -0.2) is 0 Å². The average Bonchev–Trinajstić information content (AvgIpc) is 2.42. The summed E-state index contributed by atoms with van der Waals surface area (Å²) < 4.78 is 5.97. The topological polar surface area (TPSA) is 35.2 Å². The molecule has 0 bridgehead atoms. The van der Waals surface area contributed by atoms with Crippen molar-refractivity contribution in [3.63, 3.8) is 0 Å². The van der Waals surface area contributed by atoms with Crippen LogP contribution < -0.4 is 5.73 Å². The van der Waals surface area contributed by atoms with Gasteiger partial charge in [0.1, 0.15) is 0 Å². The average molecular weight is 249 g/mol. The summed E-state index contributed by atoms with van der Waals surface area (Å²) in [5.41, 5.74) is 6.90. The van der Waals surface area contributed by atoms with E-state index in [4.69, 9.17) is 10.5 Å². The van der Waals surface area contributed by atoms with Gasteiger partial charge in [0.2, 0.25) is 0 Å². The smallest absolute Gasteiger partial charge is 0.0836 e. The maximum atomic E-state index is 5.97. The minimum absolute atomic E-state index is 0.169. The van der Waals surface area contributed by atoms with Gasteiger partial charge < -0.3 is 10.5 Å². The number of hydrogen-bond donors (Lipinski definition) is 1. The van der Waals surface area contributed by atoms with Crippen molar-refractivity contribution in [1.82, 2.24) is 0 Å². The highest BCUT2D eigenvalue weighted by Gasteiger charge is 2.10. The first-order valence-electron chi connectivity index (χ1n) is 7.25. The normalized spacial score (nSPS) is 12.6. The summed E-state index contributed by atoms with van der Waals surface area (Å²) in [5.74, 6) is 0. The van der Waals surface area contributed by atoms with Crippen molar-refractivity contribution in [1.29, 1.82) is 0 Å². The van der Waals surface area contributed by atoms with E-state index in [-0.39, 0.29) is 6.10 Å². The molecule has 2 nitrogen and oxygen atoms in total. The summed E-state index contributed by atoms with van der Waals surface area (Å²) in [4.78, 5) is 0. The summed E-state index contributed by atoms with van der Waals surface area (Å²) in [5, 5.41) is 0. The van der Waals surface area contributed by atoms with Crippen LogP contribution in [0.25, 0.3) is 0 Å². The molecule has 0 amide bonds. The zero-order valence-electron chi connectivity index (χ0n) is 11.6. The van der Waals surface area contributed by atoms with E-state index in [1.807, 2.05) is 6.07 Å². The highest BCUT2D eigenvalue weighted by atomic mass is 16.5. The highest BCUT2D eigenvalue weighted by molar-refractivity contribution is 5.17. The second-order valence-electron chi connectivity index (χ2n) is 4.76. The van der Waals surface area contributed by atoms with Gasteiger partial charge >= 0.3 is 0 Å². The molecule has 102 valence electrons. The van der Waals surface area contributed by atoms with Gasteiger partial charge in [-0.2, -0.15) is 0 Å². The number of benzene rings is 1. The highest BCUT2D eigenvalue weighted by Crippen LogP contribution is 2.20. The quantitative estimate of drug-likeness (QED) is 0.635. The monoisotopic (exact) mass is 249 g/mol. The van der Waals surface area contributed by atoms with Crippen LogP contribution in [0.5, 0.6) is 0 Å². The van der Waals surface area contributed by atoms with Gasteiger partial charge in [-0.3, -0.25) is 0 Å². The Bertz CT molecular complexity index is 286. The molecule has 0 spiro atoms. The molecule has 0 heterocycles. The molecule has 0 radical (unpaired) electrons. The van der Waals surface area contributed by atoms with E-state index in [9.17, 15) is 0 Å². The van der Waals surface area contributed by atoms with Crippen molar-refractivity contribution >= 4 is 0 Å². The molecule has 0 saturated heterocycles. The number of unbranched alkanes of at least 4 members (excludes halogenated alkanes) is 4. The zero-order valence-corrected chi connectivity index (χ0v) is 11.6. The van der Waals surface area contributed by atoms with Crippen LogP contribution >= 0.6 is 0 Å². The largest absolute Gasteiger partial charge is 0.373 e. The lowest BCUT2D eigenvalue weighted by Gasteiger charge is -2.17. The second-order valence-corrected chi connectivity index (χ2v) is 4.76. The van der Waals surface area contributed by atoms with E-state index in [0.717, 1.165) is 19.4 Å². The Morgan fingerprint density at radius 2 is 1.78 bits per heavy atom. The molecule has 0 aromatic heterocycles. The van der Waals surface area contributed by atoms with Crippen LogP contribution in [0.1, 0.15) is 57.1 Å². The summed E-state index contributed by atoms with van der Waals surface area (Å²) >= 11 is 0. The number of nitrogens with two attached hydrogens (primary N) is 1. The molecule has 0 aliphatic carbocycles. The van der Waals surface area contributed by atoms with Gasteiger partial charge in [-0.1, -0.05) is 62.9 Å². The van der Waals surface area contributed by atoms with Crippen LogP contribution in [0.2, 0.25) is 0 Å². The van der Waals surface area contributed by atoms with Gasteiger partial charge in [-0.15, -0.1) is 0 Å². The minimum Gasteiger partial charge on any atom is -0.373 e. The number of rotatable bonds is 10. The Labute approximate surface area is 112 Å². The standard InChI is InChI=1S/C16H27NO/c1-2-3-4-5-9-14-18-16(12-13-17)15-10-7-6-8-11-15/h6-8,10-11,16H,2-5,9,12-14,17H2,1H3. The van der Waals surface area contributed by atoms with Crippen molar-refractivity contribution < 1.29 is 4.74 Å². The Kier molecular flexibility index (Phi) is 8.53. The number of ether oxygens (including phenoxy) is 1. The fourth-order valence-electron chi connectivity index (χ4n) is 2.10. The Morgan fingerprint density at radius 3 is 2.44 bits per heavy atom. The lowest BCUT2D eigenvalue weighted by Crippen LogP contribution is -2.11. The van der Waals surface area contributed by atoms with E-state index < -0.39 is 0 Å². The first kappa shape index (κ1) is 15.2. The molecule has 1 aromatic rings. The van der Waals surface area contributed by atoms with Gasteiger partial charge in [0, 0.05) is 6.61 Å². The molecule has 1 rings (SSSR count). The van der Waals surface area contributed by atoms with Crippen molar-refractivity contribution in [3.8, 4) is 0 Å². The van der Waals surface area contributed by atoms with Gasteiger partial charge in [0.25, 0.3) is 0 Å². The molecule has 2 heteroatoms. The van der Waals surface area contributed by atoms with E-state index in [1.54, 1.807) is 0 Å². The molecule has 18 heavy (non-hydrogen) atoms. The molecule has 0 fully saturated rings. The third-order valence-electron chi connectivity index (χ3n) is 3.17. The van der Waals surface area contributed by atoms with Crippen LogP contribution in [0, 0.1) is 0 Å². The van der Waals surface area contributed by atoms with Crippen LogP contribution in [0.15, 0.2) is 30.3 Å². The molecule has 0 aliphatic heterocycles. The predicted molar refractivity (Wildman–Crippen MR) is 77.6 cm³/mol. The summed E-state index contributed by atoms with van der Waals surface area (Å²) in [7, 11) is 0. The summed E-state index contributed by atoms with van der Waals surface area (Å²) in [6.07, 6.45) is 7.46. The fraction of sp³-hybridized carbons (Fsp3) is 0.625. The predicted octanol–water partition coefficient (Wildman–Crippen LogP) is 4.06. The van der Waals surface area contributed by atoms with Gasteiger partial charge in [-0.05, 0) is 24.9 Å². The van der Waals surface area contributed by atoms with E-state index in [1.165, 1.54) is 31.2 Å². The van der Waals surface area contributed by atoms with Crippen LogP contribution in [-0.2, 0) is 4.74 Å². The van der Waals surface area contributed by atoms with Crippen molar-refractivity contribution in [2.75, 3.05) is 13.2 Å². The molecule has 1 aromatic carbocycles. The first-order chi connectivity index (χ1) is 8.88. The molecular weight excluding hydrogens is 222 g/mol. The summed E-state index contributed by atoms with van der Waals surface area (Å²) in [6, 6.07) is 10.4. The molecular formula is C16H27NO. The maximum absolute atomic E-state index is 5.97. The Balaban J connectivity index is 2.26. The SMILES string of the molecule is CCCCCCCOC(CCN)c1ccccc1. The zero-order chi connectivity index (χ0) is 13.1. The first-order valence-corrected chi connectivity index (χ1v) is 7.25. The van der Waals surface area contributed by atoms with E-state index >= 15 is 0 Å². The van der Waals surface area contributed by atoms with Gasteiger partial charge in [0.05, 0.1) is 6.10 Å². The third kappa shape index (κ3) is 6.18. The summed E-state index contributed by atoms with van der Waals surface area (Å²) in [6.45, 7) is 3.77. The number of hydrogen-bond acceptors (Lipinski definition) is 2. The van der Waals surface area contributed by atoms with E-state index in [0.29, 0.717) is 6.54 Å². The molecule has 1 atom stereocenters. The minimum atomic E-state index is 0.169. The van der Waals surface area contributed by atoms with Crippen LogP contribution in [0.3, 0.4) is 0 Å². The third-order valence-corrected chi connectivity index (χ3v) is 3.17. The van der Waals surface area contributed by atoms with Gasteiger partial charge in [0.15, 0.2) is 0 Å². The fourth-order valence-corrected chi connectivity index (χ4v) is 2.10. The molecule has 0 aliphatic rings.